The Balaban J connectivity index is 2.08. The fourth-order valence-electron chi connectivity index (χ4n) is 2.34. The van der Waals surface area contributed by atoms with E-state index in [-0.39, 0.29) is 0 Å². The predicted octanol–water partition coefficient (Wildman–Crippen LogP) is 2.73. The normalized spacial score (nSPS) is 27.4. The van der Waals surface area contributed by atoms with Gasteiger partial charge in [0.1, 0.15) is 5.54 Å². The van der Waals surface area contributed by atoms with Crippen molar-refractivity contribution in [1.82, 2.24) is 0 Å². The van der Waals surface area contributed by atoms with E-state index >= 15 is 0 Å². The number of nitrogens with two attached hydrogens (primary N) is 1. The number of hydrogen-bond donors (Lipinski definition) is 2. The highest BCUT2D eigenvalue weighted by Crippen LogP contribution is 2.40. The summed E-state index contributed by atoms with van der Waals surface area (Å²) < 4.78 is 0. The monoisotopic (exact) mass is 265 g/mol. The lowest BCUT2D eigenvalue weighted by Crippen LogP contribution is -2.45. The third-order valence-corrected chi connectivity index (χ3v) is 5.00. The van der Waals surface area contributed by atoms with Gasteiger partial charge >= 0.3 is 5.97 Å². The van der Waals surface area contributed by atoms with Gasteiger partial charge in [0, 0.05) is 10.1 Å². The summed E-state index contributed by atoms with van der Waals surface area (Å²) >= 11 is 1.77. The first kappa shape index (κ1) is 13.4. The zero-order valence-electron chi connectivity index (χ0n) is 10.8. The Hall–Kier alpha value is -1.00. The molecule has 98 valence electrons. The molecular weight excluding hydrogens is 246 g/mol. The largest absolute Gasteiger partial charge is 0.480 e. The van der Waals surface area contributed by atoms with E-state index in [9.17, 15) is 4.79 Å². The highest BCUT2D eigenvalue weighted by atomic mass is 32.2. The Morgan fingerprint density at radius 3 is 2.83 bits per heavy atom. The van der Waals surface area contributed by atoms with Crippen LogP contribution in [0.4, 0.5) is 0 Å². The van der Waals surface area contributed by atoms with Crippen LogP contribution in [-0.2, 0) is 4.79 Å². The minimum absolute atomic E-state index is 0.312. The van der Waals surface area contributed by atoms with Crippen LogP contribution in [0.25, 0.3) is 0 Å². The number of carbonyl (C=O) groups is 1. The molecule has 1 fully saturated rings. The van der Waals surface area contributed by atoms with Crippen molar-refractivity contribution in [3.63, 3.8) is 0 Å². The first-order chi connectivity index (χ1) is 8.40. The molecule has 1 aromatic rings. The van der Waals surface area contributed by atoms with E-state index in [0.717, 1.165) is 6.42 Å². The Morgan fingerprint density at radius 2 is 2.22 bits per heavy atom. The van der Waals surface area contributed by atoms with Crippen LogP contribution in [0.1, 0.15) is 30.4 Å². The maximum Gasteiger partial charge on any atom is 0.323 e. The van der Waals surface area contributed by atoms with Crippen molar-refractivity contribution in [2.24, 2.45) is 5.73 Å². The van der Waals surface area contributed by atoms with Crippen LogP contribution < -0.4 is 5.73 Å². The summed E-state index contributed by atoms with van der Waals surface area (Å²) in [4.78, 5) is 12.4. The first-order valence-corrected chi connectivity index (χ1v) is 7.05. The molecule has 0 bridgehead atoms. The quantitative estimate of drug-likeness (QED) is 0.882. The standard InChI is InChI=1S/C14H19NO2S/c1-9-3-4-10(2)12(7-9)18-11-5-6-14(15,8-11)13(16)17/h3-4,7,11H,5-6,8,15H2,1-2H3,(H,16,17). The van der Waals surface area contributed by atoms with Gasteiger partial charge in [-0.15, -0.1) is 11.8 Å². The van der Waals surface area contributed by atoms with E-state index in [1.165, 1.54) is 16.0 Å². The Morgan fingerprint density at radius 1 is 1.50 bits per heavy atom. The second-order valence-corrected chi connectivity index (χ2v) is 6.56. The van der Waals surface area contributed by atoms with Gasteiger partial charge in [-0.2, -0.15) is 0 Å². The molecule has 0 aliphatic heterocycles. The molecule has 2 atom stereocenters. The number of aryl methyl sites for hydroxylation is 2. The Kier molecular flexibility index (Phi) is 3.69. The molecule has 3 N–H and O–H groups in total. The van der Waals surface area contributed by atoms with Gasteiger partial charge in [0.2, 0.25) is 0 Å². The van der Waals surface area contributed by atoms with Gasteiger partial charge in [0.15, 0.2) is 0 Å². The molecule has 0 saturated heterocycles. The summed E-state index contributed by atoms with van der Waals surface area (Å²) in [5.41, 5.74) is 7.36. The van der Waals surface area contributed by atoms with Crippen LogP contribution in [0.15, 0.2) is 23.1 Å². The maximum absolute atomic E-state index is 11.1. The number of carboxylic acid groups (broad SMARTS) is 1. The van der Waals surface area contributed by atoms with Crippen molar-refractivity contribution < 1.29 is 9.90 Å². The molecule has 1 aliphatic carbocycles. The number of thioether (sulfide) groups is 1. The fraction of sp³-hybridized carbons (Fsp3) is 0.500. The average molecular weight is 265 g/mol. The van der Waals surface area contributed by atoms with E-state index < -0.39 is 11.5 Å². The fourth-order valence-corrected chi connectivity index (χ4v) is 3.82. The molecule has 1 aromatic carbocycles. The van der Waals surface area contributed by atoms with Gasteiger partial charge in [-0.25, -0.2) is 0 Å². The van der Waals surface area contributed by atoms with Crippen LogP contribution in [-0.4, -0.2) is 21.9 Å². The third-order valence-electron chi connectivity index (χ3n) is 3.57. The van der Waals surface area contributed by atoms with Crippen molar-refractivity contribution >= 4 is 17.7 Å². The molecule has 0 amide bonds. The summed E-state index contributed by atoms with van der Waals surface area (Å²) in [6.07, 6.45) is 2.01. The second kappa shape index (κ2) is 4.94. The summed E-state index contributed by atoms with van der Waals surface area (Å²) in [6, 6.07) is 6.37. The van der Waals surface area contributed by atoms with Gasteiger partial charge in [-0.3, -0.25) is 4.79 Å². The maximum atomic E-state index is 11.1. The SMILES string of the molecule is Cc1ccc(C)c(SC2CCC(N)(C(=O)O)C2)c1. The average Bonchev–Trinajstić information content (AvgIpc) is 2.67. The molecule has 18 heavy (non-hydrogen) atoms. The molecule has 1 aliphatic rings. The van der Waals surface area contributed by atoms with Gasteiger partial charge in [0.05, 0.1) is 0 Å². The van der Waals surface area contributed by atoms with Crippen molar-refractivity contribution in [3.8, 4) is 0 Å². The molecule has 2 unspecified atom stereocenters. The molecular formula is C14H19NO2S. The topological polar surface area (TPSA) is 63.3 Å². The van der Waals surface area contributed by atoms with Crippen molar-refractivity contribution in [2.75, 3.05) is 0 Å². The Bertz CT molecular complexity index is 475. The number of benzene rings is 1. The van der Waals surface area contributed by atoms with Crippen LogP contribution in [0, 0.1) is 13.8 Å². The zero-order valence-corrected chi connectivity index (χ0v) is 11.6. The zero-order chi connectivity index (χ0) is 13.3. The summed E-state index contributed by atoms with van der Waals surface area (Å²) in [6.45, 7) is 4.16. The van der Waals surface area contributed by atoms with E-state index in [4.69, 9.17) is 10.8 Å². The summed E-state index contributed by atoms with van der Waals surface area (Å²) in [5.74, 6) is -0.869. The number of carboxylic acids is 1. The molecule has 0 radical (unpaired) electrons. The highest BCUT2D eigenvalue weighted by molar-refractivity contribution is 8.00. The van der Waals surface area contributed by atoms with Crippen LogP contribution in [0.5, 0.6) is 0 Å². The van der Waals surface area contributed by atoms with Crippen molar-refractivity contribution in [1.29, 1.82) is 0 Å². The lowest BCUT2D eigenvalue weighted by Gasteiger charge is -2.18. The van der Waals surface area contributed by atoms with Gasteiger partial charge in [-0.1, -0.05) is 17.7 Å². The summed E-state index contributed by atoms with van der Waals surface area (Å²) in [5, 5.41) is 9.43. The highest BCUT2D eigenvalue weighted by Gasteiger charge is 2.42. The van der Waals surface area contributed by atoms with Crippen LogP contribution in [0.3, 0.4) is 0 Å². The molecule has 0 spiro atoms. The molecule has 3 nitrogen and oxygen atoms in total. The smallest absolute Gasteiger partial charge is 0.323 e. The molecule has 2 rings (SSSR count). The first-order valence-electron chi connectivity index (χ1n) is 6.17. The lowest BCUT2D eigenvalue weighted by molar-refractivity contribution is -0.143. The molecule has 1 saturated carbocycles. The third kappa shape index (κ3) is 2.70. The van der Waals surface area contributed by atoms with E-state index in [1.807, 2.05) is 0 Å². The molecule has 0 aromatic heterocycles. The van der Waals surface area contributed by atoms with E-state index in [2.05, 4.69) is 32.0 Å². The molecule has 4 heteroatoms. The number of rotatable bonds is 3. The lowest BCUT2D eigenvalue weighted by atomic mass is 10.0. The van der Waals surface area contributed by atoms with Crippen molar-refractivity contribution in [3.05, 3.63) is 29.3 Å². The van der Waals surface area contributed by atoms with Gasteiger partial charge < -0.3 is 10.8 Å². The number of hydrogen-bond acceptors (Lipinski definition) is 3. The van der Waals surface area contributed by atoms with Gasteiger partial charge in [0.25, 0.3) is 0 Å². The van der Waals surface area contributed by atoms with Crippen LogP contribution in [0.2, 0.25) is 0 Å². The predicted molar refractivity (Wildman–Crippen MR) is 74.0 cm³/mol. The molecule has 0 heterocycles. The Labute approximate surface area is 112 Å². The van der Waals surface area contributed by atoms with E-state index in [0.29, 0.717) is 18.1 Å². The minimum Gasteiger partial charge on any atom is -0.480 e. The van der Waals surface area contributed by atoms with Crippen molar-refractivity contribution in [2.45, 2.75) is 48.8 Å². The summed E-state index contributed by atoms with van der Waals surface area (Å²) in [7, 11) is 0. The minimum atomic E-state index is -1.02. The second-order valence-electron chi connectivity index (χ2n) is 5.21. The van der Waals surface area contributed by atoms with Crippen LogP contribution >= 0.6 is 11.8 Å². The number of aliphatic carboxylic acids is 1. The van der Waals surface area contributed by atoms with Gasteiger partial charge in [-0.05, 0) is 44.7 Å². The van der Waals surface area contributed by atoms with E-state index in [1.54, 1.807) is 11.8 Å².